The van der Waals surface area contributed by atoms with Crippen molar-refractivity contribution in [1.29, 1.82) is 0 Å². The van der Waals surface area contributed by atoms with Gasteiger partial charge in [-0.15, -0.1) is 0 Å². The Morgan fingerprint density at radius 3 is 2.47 bits per heavy atom. The molecule has 0 bridgehead atoms. The lowest BCUT2D eigenvalue weighted by Crippen LogP contribution is -3.00. The first-order valence-corrected chi connectivity index (χ1v) is 13.6. The number of H-pyrrole nitrogens is 1. The lowest BCUT2D eigenvalue weighted by Gasteiger charge is -2.40. The van der Waals surface area contributed by atoms with Crippen molar-refractivity contribution in [3.63, 3.8) is 0 Å². The molecule has 1 N–H and O–H groups in total. The van der Waals surface area contributed by atoms with Crippen LogP contribution in [0.4, 0.5) is 0 Å². The minimum absolute atomic E-state index is 0. The lowest BCUT2D eigenvalue weighted by molar-refractivity contribution is -0.911. The van der Waals surface area contributed by atoms with Crippen molar-refractivity contribution in [1.82, 2.24) is 24.1 Å². The summed E-state index contributed by atoms with van der Waals surface area (Å²) in [5.41, 5.74) is 1.76. The molecule has 0 radical (unpaired) electrons. The number of hydrogen-bond acceptors (Lipinski definition) is 6. The number of aromatic nitrogens is 4. The van der Waals surface area contributed by atoms with Crippen molar-refractivity contribution >= 4 is 21.1 Å². The largest absolute Gasteiger partial charge is 1.00 e. The third-order valence-electron chi connectivity index (χ3n) is 6.94. The van der Waals surface area contributed by atoms with Crippen molar-refractivity contribution in [3.05, 3.63) is 34.2 Å². The highest BCUT2D eigenvalue weighted by molar-refractivity contribution is 7.89. The minimum Gasteiger partial charge on any atom is -1.00 e. The Balaban J connectivity index is 0.00000361. The second-order valence-corrected chi connectivity index (χ2v) is 11.2. The maximum absolute atomic E-state index is 13.5. The van der Waals surface area contributed by atoms with Gasteiger partial charge >= 0.3 is 0 Å². The van der Waals surface area contributed by atoms with Crippen LogP contribution in [0.5, 0.6) is 5.75 Å². The second kappa shape index (κ2) is 11.0. The van der Waals surface area contributed by atoms with E-state index in [9.17, 15) is 13.2 Å². The molecule has 1 fully saturated rings. The molecule has 0 amide bonds. The summed E-state index contributed by atoms with van der Waals surface area (Å²) in [5, 5.41) is 4.47. The van der Waals surface area contributed by atoms with E-state index in [-0.39, 0.29) is 33.3 Å². The number of aromatic amines is 1. The number of piperazine rings is 1. The number of aryl methyl sites for hydroxylation is 2. The fourth-order valence-corrected chi connectivity index (χ4v) is 6.00. The highest BCUT2D eigenvalue weighted by Gasteiger charge is 2.34. The van der Waals surface area contributed by atoms with Gasteiger partial charge in [0.15, 0.2) is 5.52 Å². The number of nitrogens with zero attached hydrogens (tertiary/aromatic N) is 5. The van der Waals surface area contributed by atoms with E-state index in [1.807, 2.05) is 13.8 Å². The van der Waals surface area contributed by atoms with Crippen LogP contribution < -0.4 is 27.3 Å². The fraction of sp³-hybridized carbons (Fsp3) is 0.542. The Morgan fingerprint density at radius 2 is 1.86 bits per heavy atom. The molecule has 1 aliphatic heterocycles. The molecular weight excluding hydrogens is 548 g/mol. The van der Waals surface area contributed by atoms with Crippen molar-refractivity contribution in [2.24, 2.45) is 7.05 Å². The van der Waals surface area contributed by atoms with Crippen LogP contribution in [-0.2, 0) is 23.5 Å². The van der Waals surface area contributed by atoms with Crippen LogP contribution in [0.2, 0.25) is 0 Å². The summed E-state index contributed by atoms with van der Waals surface area (Å²) in [6.07, 6.45) is 1.55. The molecule has 36 heavy (non-hydrogen) atoms. The summed E-state index contributed by atoms with van der Waals surface area (Å²) in [7, 11) is 0.159. The van der Waals surface area contributed by atoms with E-state index in [1.54, 1.807) is 34.2 Å². The molecule has 10 nitrogen and oxygen atoms in total. The van der Waals surface area contributed by atoms with Gasteiger partial charge in [0.25, 0.3) is 5.56 Å². The SMILES string of the molecule is CCCc1nn(C)c2c(=O)[nH]c(-c3cc(S(=O)(=O)N4CC[N+](C)(CC)CC4)ccc3OCC)nc12.[Br-]. The van der Waals surface area contributed by atoms with E-state index < -0.39 is 10.0 Å². The molecule has 1 saturated heterocycles. The van der Waals surface area contributed by atoms with Crippen molar-refractivity contribution in [3.8, 4) is 17.1 Å². The lowest BCUT2D eigenvalue weighted by atomic mass is 10.1. The second-order valence-electron chi connectivity index (χ2n) is 9.31. The zero-order chi connectivity index (χ0) is 25.4. The van der Waals surface area contributed by atoms with Crippen LogP contribution >= 0.6 is 0 Å². The van der Waals surface area contributed by atoms with Crippen LogP contribution in [0, 0.1) is 0 Å². The van der Waals surface area contributed by atoms with Gasteiger partial charge in [-0.3, -0.25) is 9.48 Å². The highest BCUT2D eigenvalue weighted by Crippen LogP contribution is 2.32. The smallest absolute Gasteiger partial charge is 0.277 e. The number of quaternary nitrogens is 1. The number of sulfonamides is 1. The van der Waals surface area contributed by atoms with E-state index in [4.69, 9.17) is 9.72 Å². The van der Waals surface area contributed by atoms with Gasteiger partial charge in [-0.05, 0) is 38.5 Å². The molecular formula is C24H35BrN6O4S. The molecule has 0 atom stereocenters. The van der Waals surface area contributed by atoms with Crippen LogP contribution in [0.15, 0.2) is 27.9 Å². The van der Waals surface area contributed by atoms with Gasteiger partial charge in [0.1, 0.15) is 17.1 Å². The number of hydrogen-bond donors (Lipinski definition) is 1. The molecule has 12 heteroatoms. The molecule has 3 aromatic rings. The average Bonchev–Trinajstić information content (AvgIpc) is 3.15. The monoisotopic (exact) mass is 582 g/mol. The fourth-order valence-electron chi connectivity index (χ4n) is 4.55. The molecule has 0 unspecified atom stereocenters. The van der Waals surface area contributed by atoms with Gasteiger partial charge in [0.2, 0.25) is 10.0 Å². The van der Waals surface area contributed by atoms with Crippen LogP contribution in [0.1, 0.15) is 32.9 Å². The predicted octanol–water partition coefficient (Wildman–Crippen LogP) is -0.850. The summed E-state index contributed by atoms with van der Waals surface area (Å²) in [6.45, 7) is 9.85. The summed E-state index contributed by atoms with van der Waals surface area (Å²) in [6, 6.07) is 4.76. The van der Waals surface area contributed by atoms with E-state index in [0.29, 0.717) is 48.5 Å². The van der Waals surface area contributed by atoms with Crippen molar-refractivity contribution in [2.45, 2.75) is 38.5 Å². The molecule has 0 spiro atoms. The Morgan fingerprint density at radius 1 is 1.17 bits per heavy atom. The Labute approximate surface area is 222 Å². The molecule has 2 aromatic heterocycles. The van der Waals surface area contributed by atoms with Gasteiger partial charge in [0.05, 0.1) is 62.5 Å². The molecule has 3 heterocycles. The minimum atomic E-state index is -3.72. The molecule has 1 aliphatic rings. The normalized spacial score (nSPS) is 16.1. The van der Waals surface area contributed by atoms with Gasteiger partial charge in [-0.25, -0.2) is 13.4 Å². The van der Waals surface area contributed by atoms with Gasteiger partial charge in [0, 0.05) is 7.05 Å². The van der Waals surface area contributed by atoms with E-state index >= 15 is 0 Å². The first-order valence-electron chi connectivity index (χ1n) is 12.2. The predicted molar refractivity (Wildman–Crippen MR) is 135 cm³/mol. The van der Waals surface area contributed by atoms with E-state index in [0.717, 1.165) is 36.2 Å². The Bertz CT molecular complexity index is 1390. The number of nitrogens with one attached hydrogen (secondary N) is 1. The van der Waals surface area contributed by atoms with Gasteiger partial charge in [-0.1, -0.05) is 13.3 Å². The molecule has 0 aliphatic carbocycles. The highest BCUT2D eigenvalue weighted by atomic mass is 79.9. The number of fused-ring (bicyclic) bond motifs is 1. The third-order valence-corrected chi connectivity index (χ3v) is 8.83. The first-order chi connectivity index (χ1) is 16.6. The molecule has 1 aromatic carbocycles. The Kier molecular flexibility index (Phi) is 8.64. The van der Waals surface area contributed by atoms with Crippen molar-refractivity contribution < 1.29 is 34.6 Å². The van der Waals surface area contributed by atoms with Gasteiger partial charge < -0.3 is 31.2 Å². The van der Waals surface area contributed by atoms with Crippen molar-refractivity contribution in [2.75, 3.05) is 46.4 Å². The average molecular weight is 584 g/mol. The molecule has 4 rings (SSSR count). The topological polar surface area (TPSA) is 110 Å². The maximum atomic E-state index is 13.5. The van der Waals surface area contributed by atoms with Crippen LogP contribution in [-0.4, -0.2) is 83.3 Å². The quantitative estimate of drug-likeness (QED) is 0.346. The summed E-state index contributed by atoms with van der Waals surface area (Å²) >= 11 is 0. The number of likely N-dealkylation sites (N-methyl/N-ethyl adjacent to an activating group) is 1. The standard InChI is InChI=1S/C24H34N6O4S.BrH/c1-6-9-19-21-22(28(4)27-19)24(31)26-23(25-21)18-16-17(10-11-20(18)34-8-3)35(32,33)29-12-14-30(5,7-2)15-13-29;/h10-11,16H,6-9,12-15H2,1-5H3;1H. The first kappa shape index (κ1) is 28.3. The zero-order valence-corrected chi connectivity index (χ0v) is 23.9. The van der Waals surface area contributed by atoms with Crippen LogP contribution in [0.3, 0.4) is 0 Å². The number of benzene rings is 1. The zero-order valence-electron chi connectivity index (χ0n) is 21.5. The number of rotatable bonds is 8. The molecule has 198 valence electrons. The summed E-state index contributed by atoms with van der Waals surface area (Å²) in [4.78, 5) is 20.7. The summed E-state index contributed by atoms with van der Waals surface area (Å²) < 4.78 is 36.8. The van der Waals surface area contributed by atoms with Crippen LogP contribution in [0.25, 0.3) is 22.4 Å². The molecule has 0 saturated carbocycles. The number of halogens is 1. The maximum Gasteiger partial charge on any atom is 0.277 e. The van der Waals surface area contributed by atoms with Gasteiger partial charge in [-0.2, -0.15) is 9.40 Å². The van der Waals surface area contributed by atoms with E-state index in [1.165, 1.54) is 0 Å². The summed E-state index contributed by atoms with van der Waals surface area (Å²) in [5.74, 6) is 0.728. The third kappa shape index (κ3) is 5.22. The number of ether oxygens (including phenoxy) is 1. The van der Waals surface area contributed by atoms with E-state index in [2.05, 4.69) is 24.1 Å². The Hall–Kier alpha value is -2.28.